The lowest BCUT2D eigenvalue weighted by Gasteiger charge is -2.20. The predicted octanol–water partition coefficient (Wildman–Crippen LogP) is 3.20. The van der Waals surface area contributed by atoms with Crippen LogP contribution in [0.1, 0.15) is 12.5 Å². The molecule has 84 valence electrons. The molecule has 0 aromatic heterocycles. The van der Waals surface area contributed by atoms with Gasteiger partial charge in [0.05, 0.1) is 0 Å². The van der Waals surface area contributed by atoms with Crippen LogP contribution in [-0.4, -0.2) is 18.9 Å². The Hall–Kier alpha value is -1.03. The van der Waals surface area contributed by atoms with Gasteiger partial charge < -0.3 is 4.74 Å². The Morgan fingerprint density at radius 3 is 2.27 bits per heavy atom. The first-order chi connectivity index (χ1) is 7.04. The van der Waals surface area contributed by atoms with E-state index in [1.165, 1.54) is 0 Å². The summed E-state index contributed by atoms with van der Waals surface area (Å²) in [5.41, 5.74) is 0.633. The van der Waals surface area contributed by atoms with Gasteiger partial charge in [0.15, 0.2) is 6.10 Å². The fourth-order valence-electron chi connectivity index (χ4n) is 1.30. The van der Waals surface area contributed by atoms with Crippen LogP contribution in [0.5, 0.6) is 0 Å². The molecule has 0 bridgehead atoms. The van der Waals surface area contributed by atoms with Crippen molar-refractivity contribution in [2.24, 2.45) is 0 Å². The molecule has 1 nitrogen and oxygen atoms in total. The molecule has 0 aliphatic rings. The van der Waals surface area contributed by atoms with E-state index in [9.17, 15) is 13.2 Å². The summed E-state index contributed by atoms with van der Waals surface area (Å²) < 4.78 is 42.1. The molecular weight excluding hydrogens is 205 g/mol. The highest BCUT2D eigenvalue weighted by molar-refractivity contribution is 5.15. The summed E-state index contributed by atoms with van der Waals surface area (Å²) in [6, 6.07) is 8.53. The van der Waals surface area contributed by atoms with Crippen molar-refractivity contribution in [3.63, 3.8) is 0 Å². The topological polar surface area (TPSA) is 9.23 Å². The highest BCUT2D eigenvalue weighted by Gasteiger charge is 2.40. The van der Waals surface area contributed by atoms with Crippen LogP contribution in [0, 0.1) is 0 Å². The molecule has 1 atom stereocenters. The largest absolute Gasteiger partial charge is 0.414 e. The van der Waals surface area contributed by atoms with E-state index >= 15 is 0 Å². The van der Waals surface area contributed by atoms with Gasteiger partial charge in [0.25, 0.3) is 0 Å². The molecule has 0 saturated heterocycles. The smallest absolute Gasteiger partial charge is 0.369 e. The first-order valence-corrected chi connectivity index (χ1v) is 4.76. The van der Waals surface area contributed by atoms with Gasteiger partial charge in [-0.25, -0.2) is 0 Å². The minimum Gasteiger partial charge on any atom is -0.369 e. The Kier molecular flexibility index (Phi) is 4.15. The molecule has 0 fully saturated rings. The molecule has 1 aromatic carbocycles. The van der Waals surface area contributed by atoms with E-state index in [0.29, 0.717) is 5.56 Å². The van der Waals surface area contributed by atoms with Gasteiger partial charge in [-0.05, 0) is 12.5 Å². The van der Waals surface area contributed by atoms with E-state index in [-0.39, 0.29) is 13.0 Å². The van der Waals surface area contributed by atoms with Crippen molar-refractivity contribution < 1.29 is 17.9 Å². The van der Waals surface area contributed by atoms with Gasteiger partial charge in [0.1, 0.15) is 0 Å². The predicted molar refractivity (Wildman–Crippen MR) is 51.6 cm³/mol. The minimum atomic E-state index is -4.30. The number of halogens is 3. The molecule has 0 amide bonds. The lowest BCUT2D eigenvalue weighted by Crippen LogP contribution is -2.33. The standard InChI is InChI=1S/C11H13F3O/c1-2-15-10(11(12,13)14)8-9-6-4-3-5-7-9/h3-7,10H,2,8H2,1H3. The molecule has 1 aromatic rings. The van der Waals surface area contributed by atoms with Crippen molar-refractivity contribution in [1.29, 1.82) is 0 Å². The zero-order chi connectivity index (χ0) is 11.3. The Balaban J connectivity index is 2.67. The Morgan fingerprint density at radius 2 is 1.80 bits per heavy atom. The van der Waals surface area contributed by atoms with Gasteiger partial charge in [-0.15, -0.1) is 0 Å². The van der Waals surface area contributed by atoms with Gasteiger partial charge >= 0.3 is 6.18 Å². The molecule has 0 aliphatic heterocycles. The van der Waals surface area contributed by atoms with Crippen molar-refractivity contribution >= 4 is 0 Å². The molecule has 0 radical (unpaired) electrons. The number of alkyl halides is 3. The summed E-state index contributed by atoms with van der Waals surface area (Å²) in [6.45, 7) is 1.63. The van der Waals surface area contributed by atoms with Crippen LogP contribution in [0.25, 0.3) is 0 Å². The molecule has 1 rings (SSSR count). The van der Waals surface area contributed by atoms with Crippen molar-refractivity contribution in [3.8, 4) is 0 Å². The third-order valence-electron chi connectivity index (χ3n) is 2.00. The van der Waals surface area contributed by atoms with Crippen LogP contribution in [0.4, 0.5) is 13.2 Å². The van der Waals surface area contributed by atoms with Crippen molar-refractivity contribution in [3.05, 3.63) is 35.9 Å². The van der Waals surface area contributed by atoms with Crippen LogP contribution in [0.15, 0.2) is 30.3 Å². The van der Waals surface area contributed by atoms with Gasteiger partial charge in [0.2, 0.25) is 0 Å². The average Bonchev–Trinajstić information content (AvgIpc) is 2.17. The maximum atomic E-state index is 12.5. The van der Waals surface area contributed by atoms with Gasteiger partial charge in [-0.3, -0.25) is 0 Å². The first-order valence-electron chi connectivity index (χ1n) is 4.76. The maximum Gasteiger partial charge on any atom is 0.414 e. The van der Waals surface area contributed by atoms with E-state index < -0.39 is 12.3 Å². The summed E-state index contributed by atoms with van der Waals surface area (Å²) in [6.07, 6.45) is -6.13. The van der Waals surface area contributed by atoms with Crippen LogP contribution in [0.3, 0.4) is 0 Å². The minimum absolute atomic E-state index is 0.0665. The number of hydrogen-bond donors (Lipinski definition) is 0. The summed E-state index contributed by atoms with van der Waals surface area (Å²) in [7, 11) is 0. The Labute approximate surface area is 86.9 Å². The Bertz CT molecular complexity index is 282. The summed E-state index contributed by atoms with van der Waals surface area (Å²) >= 11 is 0. The van der Waals surface area contributed by atoms with E-state index in [4.69, 9.17) is 0 Å². The Morgan fingerprint density at radius 1 is 1.20 bits per heavy atom. The molecule has 15 heavy (non-hydrogen) atoms. The third kappa shape index (κ3) is 3.91. The maximum absolute atomic E-state index is 12.5. The molecule has 0 N–H and O–H groups in total. The SMILES string of the molecule is CCOC(Cc1ccccc1)C(F)(F)F. The fourth-order valence-corrected chi connectivity index (χ4v) is 1.30. The van der Waals surface area contributed by atoms with E-state index in [1.54, 1.807) is 37.3 Å². The number of hydrogen-bond acceptors (Lipinski definition) is 1. The van der Waals surface area contributed by atoms with Crippen LogP contribution in [-0.2, 0) is 11.2 Å². The second-order valence-electron chi connectivity index (χ2n) is 3.18. The molecule has 0 spiro atoms. The van der Waals surface area contributed by atoms with Crippen molar-refractivity contribution in [2.75, 3.05) is 6.61 Å². The quantitative estimate of drug-likeness (QED) is 0.754. The zero-order valence-corrected chi connectivity index (χ0v) is 8.42. The zero-order valence-electron chi connectivity index (χ0n) is 8.42. The molecule has 1 unspecified atom stereocenters. The van der Waals surface area contributed by atoms with Crippen LogP contribution < -0.4 is 0 Å². The monoisotopic (exact) mass is 218 g/mol. The van der Waals surface area contributed by atoms with Crippen LogP contribution >= 0.6 is 0 Å². The lowest BCUT2D eigenvalue weighted by atomic mass is 10.1. The van der Waals surface area contributed by atoms with Crippen molar-refractivity contribution in [2.45, 2.75) is 25.6 Å². The van der Waals surface area contributed by atoms with Gasteiger partial charge in [-0.1, -0.05) is 30.3 Å². The second kappa shape index (κ2) is 5.16. The summed E-state index contributed by atoms with van der Waals surface area (Å²) in [5.74, 6) is 0. The van der Waals surface area contributed by atoms with Crippen LogP contribution in [0.2, 0.25) is 0 Å². The molecular formula is C11H13F3O. The van der Waals surface area contributed by atoms with Gasteiger partial charge in [-0.2, -0.15) is 13.2 Å². The van der Waals surface area contributed by atoms with E-state index in [2.05, 4.69) is 4.74 Å². The highest BCUT2D eigenvalue weighted by atomic mass is 19.4. The third-order valence-corrected chi connectivity index (χ3v) is 2.00. The summed E-state index contributed by atoms with van der Waals surface area (Å²) in [4.78, 5) is 0. The lowest BCUT2D eigenvalue weighted by molar-refractivity contribution is -0.218. The number of benzene rings is 1. The second-order valence-corrected chi connectivity index (χ2v) is 3.18. The number of rotatable bonds is 4. The normalized spacial score (nSPS) is 13.9. The fraction of sp³-hybridized carbons (Fsp3) is 0.455. The highest BCUT2D eigenvalue weighted by Crippen LogP contribution is 2.25. The molecule has 4 heteroatoms. The summed E-state index contributed by atoms with van der Waals surface area (Å²) in [5, 5.41) is 0. The average molecular weight is 218 g/mol. The number of ether oxygens (including phenoxy) is 1. The van der Waals surface area contributed by atoms with Crippen molar-refractivity contribution in [1.82, 2.24) is 0 Å². The molecule has 0 saturated carbocycles. The van der Waals surface area contributed by atoms with E-state index in [1.807, 2.05) is 0 Å². The molecule has 0 aliphatic carbocycles. The van der Waals surface area contributed by atoms with E-state index in [0.717, 1.165) is 0 Å². The molecule has 0 heterocycles. The van der Waals surface area contributed by atoms with Gasteiger partial charge in [0, 0.05) is 13.0 Å². The first kappa shape index (κ1) is 12.0.